The number of rotatable bonds is 4. The van der Waals surface area contributed by atoms with Gasteiger partial charge in [0.05, 0.1) is 12.7 Å². The maximum atomic E-state index is 13.8. The van der Waals surface area contributed by atoms with E-state index in [4.69, 9.17) is 9.84 Å². The lowest BCUT2D eigenvalue weighted by Crippen LogP contribution is -2.30. The zero-order chi connectivity index (χ0) is 22.2. The van der Waals surface area contributed by atoms with E-state index < -0.39 is 0 Å². The summed E-state index contributed by atoms with van der Waals surface area (Å²) >= 11 is 0. The second kappa shape index (κ2) is 8.19. The molecule has 6 nitrogen and oxygen atoms in total. The first kappa shape index (κ1) is 20.4. The standard InChI is InChI=1S/C26H28N4O2/c1-18-22(19-12-14-21(32-3)15-13-19)26(31)30-25(28(18)2)24(29-16-8-5-9-17-29)23(27-30)20-10-6-4-7-11-20/h4,6-7,10-15H,5,8-9,16-17H2,1-3H3. The fourth-order valence-corrected chi connectivity index (χ4v) is 4.72. The summed E-state index contributed by atoms with van der Waals surface area (Å²) in [5.41, 5.74) is 6.15. The van der Waals surface area contributed by atoms with Crippen LogP contribution in [0.25, 0.3) is 28.0 Å². The largest absolute Gasteiger partial charge is 0.497 e. The maximum Gasteiger partial charge on any atom is 0.282 e. The van der Waals surface area contributed by atoms with Gasteiger partial charge in [-0.2, -0.15) is 9.61 Å². The molecule has 0 aliphatic carbocycles. The van der Waals surface area contributed by atoms with Crippen molar-refractivity contribution in [1.82, 2.24) is 14.2 Å². The van der Waals surface area contributed by atoms with Crippen molar-refractivity contribution in [3.63, 3.8) is 0 Å². The van der Waals surface area contributed by atoms with Crippen LogP contribution in [0.15, 0.2) is 59.4 Å². The van der Waals surface area contributed by atoms with Crippen LogP contribution in [0.5, 0.6) is 5.75 Å². The summed E-state index contributed by atoms with van der Waals surface area (Å²) in [6.45, 7) is 3.97. The normalized spacial score (nSPS) is 14.2. The number of fused-ring (bicyclic) bond motifs is 1. The molecule has 0 N–H and O–H groups in total. The summed E-state index contributed by atoms with van der Waals surface area (Å²) in [4.78, 5) is 16.2. The number of ether oxygens (including phenoxy) is 1. The molecule has 164 valence electrons. The monoisotopic (exact) mass is 428 g/mol. The minimum atomic E-state index is -0.0961. The number of nitrogens with zero attached hydrogens (tertiary/aromatic N) is 4. The van der Waals surface area contributed by atoms with Crippen molar-refractivity contribution in [2.75, 3.05) is 25.1 Å². The molecular formula is C26H28N4O2. The summed E-state index contributed by atoms with van der Waals surface area (Å²) in [7, 11) is 3.67. The van der Waals surface area contributed by atoms with Crippen LogP contribution < -0.4 is 15.2 Å². The van der Waals surface area contributed by atoms with Crippen molar-refractivity contribution in [3.05, 3.63) is 70.6 Å². The Morgan fingerprint density at radius 2 is 1.59 bits per heavy atom. The molecule has 3 heterocycles. The quantitative estimate of drug-likeness (QED) is 0.474. The molecule has 2 aromatic carbocycles. The number of anilines is 1. The van der Waals surface area contributed by atoms with Crippen LogP contribution >= 0.6 is 0 Å². The van der Waals surface area contributed by atoms with E-state index in [2.05, 4.69) is 21.6 Å². The highest BCUT2D eigenvalue weighted by Gasteiger charge is 2.26. The van der Waals surface area contributed by atoms with Crippen LogP contribution in [0.4, 0.5) is 5.69 Å². The molecule has 0 bridgehead atoms. The molecule has 0 spiro atoms. The minimum Gasteiger partial charge on any atom is -0.497 e. The molecule has 5 rings (SSSR count). The van der Waals surface area contributed by atoms with Gasteiger partial charge < -0.3 is 14.2 Å². The molecule has 2 aromatic heterocycles. The first-order chi connectivity index (χ1) is 15.6. The molecule has 0 saturated carbocycles. The van der Waals surface area contributed by atoms with E-state index in [-0.39, 0.29) is 5.56 Å². The van der Waals surface area contributed by atoms with E-state index in [1.807, 2.05) is 56.4 Å². The second-order valence-electron chi connectivity index (χ2n) is 8.40. The van der Waals surface area contributed by atoms with Gasteiger partial charge in [0.25, 0.3) is 5.56 Å². The average Bonchev–Trinajstić information content (AvgIpc) is 3.25. The van der Waals surface area contributed by atoms with Crippen molar-refractivity contribution >= 4 is 11.3 Å². The molecule has 0 unspecified atom stereocenters. The lowest BCUT2D eigenvalue weighted by Gasteiger charge is -2.29. The average molecular weight is 429 g/mol. The second-order valence-corrected chi connectivity index (χ2v) is 8.40. The Balaban J connectivity index is 1.80. The number of methoxy groups -OCH3 is 1. The molecule has 1 saturated heterocycles. The molecule has 0 atom stereocenters. The van der Waals surface area contributed by atoms with E-state index in [1.165, 1.54) is 6.42 Å². The van der Waals surface area contributed by atoms with Crippen molar-refractivity contribution in [3.8, 4) is 28.1 Å². The number of benzene rings is 2. The predicted octanol–water partition coefficient (Wildman–Crippen LogP) is 4.67. The fraction of sp³-hybridized carbons (Fsp3) is 0.308. The predicted molar refractivity (Wildman–Crippen MR) is 129 cm³/mol. The molecule has 1 aliphatic rings. The zero-order valence-corrected chi connectivity index (χ0v) is 18.8. The van der Waals surface area contributed by atoms with Crippen LogP contribution in [-0.4, -0.2) is 34.4 Å². The fourth-order valence-electron chi connectivity index (χ4n) is 4.72. The summed E-state index contributed by atoms with van der Waals surface area (Å²) in [6.07, 6.45) is 3.56. The first-order valence-corrected chi connectivity index (χ1v) is 11.2. The molecule has 0 amide bonds. The third-order valence-corrected chi connectivity index (χ3v) is 6.52. The van der Waals surface area contributed by atoms with Gasteiger partial charge in [0, 0.05) is 31.4 Å². The Bertz CT molecular complexity index is 1310. The lowest BCUT2D eigenvalue weighted by atomic mass is 10.0. The van der Waals surface area contributed by atoms with E-state index in [0.717, 1.165) is 65.5 Å². The highest BCUT2D eigenvalue weighted by molar-refractivity contribution is 5.87. The van der Waals surface area contributed by atoms with Crippen molar-refractivity contribution in [1.29, 1.82) is 0 Å². The molecule has 1 aliphatic heterocycles. The van der Waals surface area contributed by atoms with Crippen LogP contribution in [0.2, 0.25) is 0 Å². The number of aryl methyl sites for hydroxylation is 1. The molecule has 0 radical (unpaired) electrons. The number of aromatic nitrogens is 3. The number of hydrogen-bond acceptors (Lipinski definition) is 4. The van der Waals surface area contributed by atoms with Crippen LogP contribution in [0.1, 0.15) is 25.0 Å². The molecule has 1 fully saturated rings. The molecule has 4 aromatic rings. The zero-order valence-electron chi connectivity index (χ0n) is 18.8. The van der Waals surface area contributed by atoms with Gasteiger partial charge in [0.1, 0.15) is 17.1 Å². The molecule has 6 heteroatoms. The first-order valence-electron chi connectivity index (χ1n) is 11.2. The summed E-state index contributed by atoms with van der Waals surface area (Å²) in [5, 5.41) is 4.90. The smallest absolute Gasteiger partial charge is 0.282 e. The SMILES string of the molecule is COc1ccc(-c2c(C)n(C)c3c(N4CCCCC4)c(-c4ccccc4)nn3c2=O)cc1. The number of piperidine rings is 1. The van der Waals surface area contributed by atoms with Gasteiger partial charge in [0.15, 0.2) is 5.65 Å². The van der Waals surface area contributed by atoms with Crippen LogP contribution in [0.3, 0.4) is 0 Å². The summed E-state index contributed by atoms with van der Waals surface area (Å²) in [5.74, 6) is 0.766. The lowest BCUT2D eigenvalue weighted by molar-refractivity contribution is 0.415. The maximum absolute atomic E-state index is 13.8. The summed E-state index contributed by atoms with van der Waals surface area (Å²) < 4.78 is 9.00. The Labute approximate surface area is 187 Å². The van der Waals surface area contributed by atoms with Crippen molar-refractivity contribution in [2.24, 2.45) is 7.05 Å². The van der Waals surface area contributed by atoms with Gasteiger partial charge in [0.2, 0.25) is 0 Å². The van der Waals surface area contributed by atoms with Crippen LogP contribution in [0, 0.1) is 6.92 Å². The van der Waals surface area contributed by atoms with E-state index >= 15 is 0 Å². The van der Waals surface area contributed by atoms with E-state index in [1.54, 1.807) is 11.6 Å². The Kier molecular flexibility index (Phi) is 5.21. The van der Waals surface area contributed by atoms with Gasteiger partial charge in [-0.15, -0.1) is 0 Å². The highest BCUT2D eigenvalue weighted by Crippen LogP contribution is 2.36. The highest BCUT2D eigenvalue weighted by atomic mass is 16.5. The molecular weight excluding hydrogens is 400 g/mol. The Morgan fingerprint density at radius 3 is 2.25 bits per heavy atom. The van der Waals surface area contributed by atoms with Gasteiger partial charge in [-0.3, -0.25) is 4.79 Å². The molecule has 32 heavy (non-hydrogen) atoms. The van der Waals surface area contributed by atoms with Gasteiger partial charge in [-0.1, -0.05) is 42.5 Å². The van der Waals surface area contributed by atoms with E-state index in [9.17, 15) is 4.79 Å². The Hall–Kier alpha value is -3.54. The van der Waals surface area contributed by atoms with Gasteiger partial charge >= 0.3 is 0 Å². The third kappa shape index (κ3) is 3.27. The minimum absolute atomic E-state index is 0.0961. The van der Waals surface area contributed by atoms with Gasteiger partial charge in [-0.05, 0) is 43.9 Å². The van der Waals surface area contributed by atoms with Crippen LogP contribution in [-0.2, 0) is 7.05 Å². The summed E-state index contributed by atoms with van der Waals surface area (Å²) in [6, 6.07) is 17.8. The van der Waals surface area contributed by atoms with E-state index in [0.29, 0.717) is 5.56 Å². The van der Waals surface area contributed by atoms with Gasteiger partial charge in [-0.25, -0.2) is 0 Å². The van der Waals surface area contributed by atoms with Crippen molar-refractivity contribution in [2.45, 2.75) is 26.2 Å². The Morgan fingerprint density at radius 1 is 0.906 bits per heavy atom. The topological polar surface area (TPSA) is 51.8 Å². The van der Waals surface area contributed by atoms with Crippen molar-refractivity contribution < 1.29 is 4.74 Å². The third-order valence-electron chi connectivity index (χ3n) is 6.52. The number of hydrogen-bond donors (Lipinski definition) is 0.